The van der Waals surface area contributed by atoms with Crippen LogP contribution < -0.4 is 10.1 Å². The zero-order valence-corrected chi connectivity index (χ0v) is 16.9. The van der Waals surface area contributed by atoms with Gasteiger partial charge in [-0.1, -0.05) is 41.4 Å². The van der Waals surface area contributed by atoms with Crippen LogP contribution in [0.5, 0.6) is 5.75 Å². The normalized spacial score (nSPS) is 13.9. The van der Waals surface area contributed by atoms with Crippen molar-refractivity contribution in [2.24, 2.45) is 0 Å². The Morgan fingerprint density at radius 1 is 1.14 bits per heavy atom. The highest BCUT2D eigenvalue weighted by atomic mass is 35.5. The summed E-state index contributed by atoms with van der Waals surface area (Å²) in [6.45, 7) is 5.62. The van der Waals surface area contributed by atoms with E-state index in [1.165, 1.54) is 19.3 Å². The van der Waals surface area contributed by atoms with E-state index >= 15 is 0 Å². The maximum atomic E-state index is 13.0. The topological polar surface area (TPSA) is 58.6 Å². The Hall–Kier alpha value is -2.76. The number of anilines is 1. The lowest BCUT2D eigenvalue weighted by Crippen LogP contribution is -2.32. The highest BCUT2D eigenvalue weighted by Gasteiger charge is 2.39. The van der Waals surface area contributed by atoms with E-state index in [-0.39, 0.29) is 22.8 Å². The van der Waals surface area contributed by atoms with Crippen molar-refractivity contribution >= 4 is 46.3 Å². The molecule has 3 rings (SSSR count). The third kappa shape index (κ3) is 3.63. The predicted molar refractivity (Wildman–Crippen MR) is 112 cm³/mol. The minimum Gasteiger partial charge on any atom is -0.495 e. The molecule has 0 fully saturated rings. The van der Waals surface area contributed by atoms with E-state index in [0.29, 0.717) is 22.0 Å². The fourth-order valence-corrected chi connectivity index (χ4v) is 3.49. The number of nitrogens with one attached hydrogen (secondary N) is 1. The van der Waals surface area contributed by atoms with E-state index in [4.69, 9.17) is 27.9 Å². The average Bonchev–Trinajstić information content (AvgIpc) is 2.87. The van der Waals surface area contributed by atoms with Crippen molar-refractivity contribution in [3.8, 4) is 5.75 Å². The van der Waals surface area contributed by atoms with Crippen molar-refractivity contribution in [3.05, 3.63) is 75.9 Å². The first-order chi connectivity index (χ1) is 13.4. The van der Waals surface area contributed by atoms with Crippen molar-refractivity contribution in [3.63, 3.8) is 0 Å². The second-order valence-electron chi connectivity index (χ2n) is 6.21. The Labute approximate surface area is 173 Å². The van der Waals surface area contributed by atoms with Crippen LogP contribution in [0.15, 0.2) is 54.8 Å². The molecular weight excluding hydrogens is 399 g/mol. The molecule has 2 aromatic rings. The van der Waals surface area contributed by atoms with Gasteiger partial charge in [0.15, 0.2) is 0 Å². The molecule has 0 spiro atoms. The summed E-state index contributed by atoms with van der Waals surface area (Å²) in [5, 5.41) is 3.79. The molecule has 1 N–H and O–H groups in total. The van der Waals surface area contributed by atoms with E-state index in [1.807, 2.05) is 19.1 Å². The smallest absolute Gasteiger partial charge is 0.278 e. The summed E-state index contributed by atoms with van der Waals surface area (Å²) in [6, 6.07) is 10.3. The maximum absolute atomic E-state index is 13.0. The molecule has 0 bridgehead atoms. The summed E-state index contributed by atoms with van der Waals surface area (Å²) in [7, 11) is 1.53. The number of methoxy groups -OCH3 is 1. The molecule has 0 saturated heterocycles. The number of hydrogen-bond donors (Lipinski definition) is 1. The molecule has 0 atom stereocenters. The summed E-state index contributed by atoms with van der Waals surface area (Å²) in [6.07, 6.45) is 1.49. The van der Waals surface area contributed by atoms with Crippen LogP contribution in [0.2, 0.25) is 10.0 Å². The van der Waals surface area contributed by atoms with Gasteiger partial charge in [0, 0.05) is 17.1 Å². The Bertz CT molecular complexity index is 1010. The fourth-order valence-electron chi connectivity index (χ4n) is 2.98. The Kier molecular flexibility index (Phi) is 5.77. The van der Waals surface area contributed by atoms with Crippen LogP contribution in [0.4, 0.5) is 5.69 Å². The number of amides is 2. The van der Waals surface area contributed by atoms with Crippen LogP contribution in [-0.4, -0.2) is 30.4 Å². The number of imide groups is 1. The maximum Gasteiger partial charge on any atom is 0.278 e. The van der Waals surface area contributed by atoms with E-state index in [9.17, 15) is 9.59 Å². The summed E-state index contributed by atoms with van der Waals surface area (Å²) in [4.78, 5) is 27.1. The van der Waals surface area contributed by atoms with Crippen LogP contribution in [-0.2, 0) is 9.59 Å². The Morgan fingerprint density at radius 2 is 1.89 bits per heavy atom. The van der Waals surface area contributed by atoms with Gasteiger partial charge in [-0.3, -0.25) is 14.5 Å². The summed E-state index contributed by atoms with van der Waals surface area (Å²) < 4.78 is 5.37. The van der Waals surface area contributed by atoms with E-state index in [1.54, 1.807) is 18.2 Å². The van der Waals surface area contributed by atoms with E-state index < -0.39 is 11.8 Å². The third-order valence-electron chi connectivity index (χ3n) is 4.29. The van der Waals surface area contributed by atoms with Crippen LogP contribution in [0.25, 0.3) is 5.57 Å². The van der Waals surface area contributed by atoms with Gasteiger partial charge in [-0.05, 0) is 36.8 Å². The fraction of sp³-hybridized carbons (Fsp3) is 0.143. The zero-order valence-electron chi connectivity index (χ0n) is 15.4. The van der Waals surface area contributed by atoms with Crippen molar-refractivity contribution in [2.45, 2.75) is 6.92 Å². The number of hydrogen-bond acceptors (Lipinski definition) is 4. The minimum atomic E-state index is -0.463. The van der Waals surface area contributed by atoms with Crippen LogP contribution in [0, 0.1) is 6.92 Å². The minimum absolute atomic E-state index is 0.0858. The first-order valence-corrected chi connectivity index (χ1v) is 9.21. The lowest BCUT2D eigenvalue weighted by molar-refractivity contribution is -0.136. The van der Waals surface area contributed by atoms with Crippen LogP contribution >= 0.6 is 23.2 Å². The van der Waals surface area contributed by atoms with Crippen molar-refractivity contribution in [1.29, 1.82) is 0 Å². The predicted octanol–water partition coefficient (Wildman–Crippen LogP) is 4.69. The molecule has 2 amide bonds. The number of aryl methyl sites for hydroxylation is 1. The molecule has 0 unspecified atom stereocenters. The van der Waals surface area contributed by atoms with Gasteiger partial charge in [-0.2, -0.15) is 0 Å². The first kappa shape index (κ1) is 20.0. The van der Waals surface area contributed by atoms with Crippen LogP contribution in [0.3, 0.4) is 0 Å². The van der Waals surface area contributed by atoms with Crippen molar-refractivity contribution in [1.82, 2.24) is 4.90 Å². The first-order valence-electron chi connectivity index (χ1n) is 8.45. The van der Waals surface area contributed by atoms with Gasteiger partial charge in [0.1, 0.15) is 11.4 Å². The second kappa shape index (κ2) is 8.09. The molecular formula is C21H18Cl2N2O3. The quantitative estimate of drug-likeness (QED) is 0.548. The monoisotopic (exact) mass is 416 g/mol. The summed E-state index contributed by atoms with van der Waals surface area (Å²) >= 11 is 12.3. The molecule has 2 aromatic carbocycles. The molecule has 7 heteroatoms. The molecule has 0 saturated carbocycles. The Morgan fingerprint density at radius 3 is 2.54 bits per heavy atom. The highest BCUT2D eigenvalue weighted by Crippen LogP contribution is 2.37. The third-order valence-corrected chi connectivity index (χ3v) is 4.84. The molecule has 0 radical (unpaired) electrons. The van der Waals surface area contributed by atoms with E-state index in [2.05, 4.69) is 11.9 Å². The number of carbonyl (C=O) groups excluding carboxylic acids is 2. The standard InChI is InChI=1S/C21H18Cl2N2O3/c1-4-9-25-20(26)18(14-7-6-13(22)11-15(14)23)19(21(25)27)24-16-10-12(2)5-8-17(16)28-3/h4-8,10-11,24H,1,9H2,2-3H3. The molecule has 1 aliphatic rings. The average molecular weight is 417 g/mol. The molecule has 28 heavy (non-hydrogen) atoms. The number of halogens is 2. The van der Waals surface area contributed by atoms with Gasteiger partial charge < -0.3 is 10.1 Å². The molecule has 144 valence electrons. The Balaban J connectivity index is 2.17. The number of benzene rings is 2. The van der Waals surface area contributed by atoms with Gasteiger partial charge >= 0.3 is 0 Å². The SMILES string of the molecule is C=CCN1C(=O)C(Nc2cc(C)ccc2OC)=C(c2ccc(Cl)cc2Cl)C1=O. The molecule has 0 aliphatic carbocycles. The van der Waals surface area contributed by atoms with Crippen molar-refractivity contribution in [2.75, 3.05) is 19.0 Å². The summed E-state index contributed by atoms with van der Waals surface area (Å²) in [5.74, 6) is -0.375. The molecule has 5 nitrogen and oxygen atoms in total. The lowest BCUT2D eigenvalue weighted by atomic mass is 10.0. The second-order valence-corrected chi connectivity index (χ2v) is 7.06. The van der Waals surface area contributed by atoms with Crippen LogP contribution in [0.1, 0.15) is 11.1 Å². The van der Waals surface area contributed by atoms with E-state index in [0.717, 1.165) is 10.5 Å². The molecule has 1 aliphatic heterocycles. The molecule has 0 aromatic heterocycles. The summed E-state index contributed by atoms with van der Waals surface area (Å²) in [5.41, 5.74) is 2.26. The van der Waals surface area contributed by atoms with Gasteiger partial charge in [0.25, 0.3) is 11.8 Å². The van der Waals surface area contributed by atoms with Gasteiger partial charge in [0.05, 0.1) is 23.4 Å². The molecule has 1 heterocycles. The van der Waals surface area contributed by atoms with Gasteiger partial charge in [-0.25, -0.2) is 0 Å². The lowest BCUT2D eigenvalue weighted by Gasteiger charge is -2.14. The number of ether oxygens (including phenoxy) is 1. The van der Waals surface area contributed by atoms with Crippen molar-refractivity contribution < 1.29 is 14.3 Å². The number of carbonyl (C=O) groups is 2. The number of rotatable bonds is 6. The highest BCUT2D eigenvalue weighted by molar-refractivity contribution is 6.41. The number of nitrogens with zero attached hydrogens (tertiary/aromatic N) is 1. The van der Waals surface area contributed by atoms with Gasteiger partial charge in [-0.15, -0.1) is 6.58 Å². The largest absolute Gasteiger partial charge is 0.495 e. The zero-order chi connectivity index (χ0) is 20.4. The van der Waals surface area contributed by atoms with Gasteiger partial charge in [0.2, 0.25) is 0 Å².